The van der Waals surface area contributed by atoms with E-state index in [9.17, 15) is 14.7 Å². The summed E-state index contributed by atoms with van der Waals surface area (Å²) < 4.78 is 16.0. The second-order valence-corrected chi connectivity index (χ2v) is 14.2. The molecule has 1 aliphatic heterocycles. The number of hydrogen-bond donors (Lipinski definition) is 1. The van der Waals surface area contributed by atoms with Gasteiger partial charge in [-0.15, -0.1) is 0 Å². The molecule has 0 aromatic carbocycles. The number of carbonyl (C=O) groups is 2. The molecule has 1 N–H and O–H groups in total. The number of aliphatic hydroxyl groups excluding tert-OH is 1. The molecular weight excluding hydrogens is 624 g/mol. The Morgan fingerprint density at radius 2 is 1.00 bits per heavy atom. The summed E-state index contributed by atoms with van der Waals surface area (Å²) in [5, 5.41) is 10.0. The first-order valence-corrected chi connectivity index (χ1v) is 20.3. The molecule has 286 valence electrons. The van der Waals surface area contributed by atoms with Crippen molar-refractivity contribution in [3.05, 3.63) is 60.8 Å². The smallest absolute Gasteiger partial charge is 0.306 e. The molecule has 6 nitrogen and oxygen atoms in total. The zero-order chi connectivity index (χ0) is 36.3. The van der Waals surface area contributed by atoms with Crippen LogP contribution in [0.15, 0.2) is 60.8 Å². The van der Waals surface area contributed by atoms with Crippen LogP contribution in [0.2, 0.25) is 0 Å². The van der Waals surface area contributed by atoms with Crippen LogP contribution in [0.4, 0.5) is 0 Å². The van der Waals surface area contributed by atoms with E-state index in [4.69, 9.17) is 14.2 Å². The summed E-state index contributed by atoms with van der Waals surface area (Å²) in [6.07, 6.45) is 46.1. The molecule has 1 fully saturated rings. The monoisotopic (exact) mass is 699 g/mol. The molecule has 0 bridgehead atoms. The van der Waals surface area contributed by atoms with E-state index in [1.165, 1.54) is 70.6 Å². The fourth-order valence-corrected chi connectivity index (χ4v) is 5.69. The molecule has 0 aromatic heterocycles. The van der Waals surface area contributed by atoms with Crippen molar-refractivity contribution in [3.63, 3.8) is 0 Å². The van der Waals surface area contributed by atoms with Crippen molar-refractivity contribution >= 4 is 11.9 Å². The summed E-state index contributed by atoms with van der Waals surface area (Å²) in [7, 11) is 0. The van der Waals surface area contributed by atoms with Crippen LogP contribution in [-0.4, -0.2) is 48.6 Å². The van der Waals surface area contributed by atoms with Crippen LogP contribution in [0.5, 0.6) is 0 Å². The van der Waals surface area contributed by atoms with Gasteiger partial charge < -0.3 is 19.3 Å². The minimum absolute atomic E-state index is 0.143. The number of ether oxygens (including phenoxy) is 3. The molecule has 0 radical (unpaired) electrons. The lowest BCUT2D eigenvalue weighted by atomic mass is 10.0. The van der Waals surface area contributed by atoms with E-state index in [-0.39, 0.29) is 31.6 Å². The van der Waals surface area contributed by atoms with E-state index in [1.54, 1.807) is 0 Å². The molecule has 2 unspecified atom stereocenters. The summed E-state index contributed by atoms with van der Waals surface area (Å²) in [5.74, 6) is 0.177. The number of unbranched alkanes of at least 4 members (excludes halogenated alkanes) is 12. The Morgan fingerprint density at radius 3 is 1.50 bits per heavy atom. The van der Waals surface area contributed by atoms with E-state index >= 15 is 0 Å². The zero-order valence-corrected chi connectivity index (χ0v) is 32.2. The molecular formula is C44H74O6. The van der Waals surface area contributed by atoms with Crippen LogP contribution in [0.1, 0.15) is 168 Å². The fourth-order valence-electron chi connectivity index (χ4n) is 5.69. The molecule has 1 aliphatic rings. The van der Waals surface area contributed by atoms with Gasteiger partial charge in [0.25, 0.3) is 0 Å². The number of rotatable bonds is 34. The van der Waals surface area contributed by atoms with Gasteiger partial charge in [0.05, 0.1) is 12.2 Å². The lowest BCUT2D eigenvalue weighted by Crippen LogP contribution is -2.25. The highest BCUT2D eigenvalue weighted by molar-refractivity contribution is 5.70. The molecule has 0 amide bonds. The van der Waals surface area contributed by atoms with Gasteiger partial charge in [-0.25, -0.2) is 0 Å². The van der Waals surface area contributed by atoms with Gasteiger partial charge >= 0.3 is 11.9 Å². The summed E-state index contributed by atoms with van der Waals surface area (Å²) in [4.78, 5) is 23.9. The Hall–Kier alpha value is -2.44. The van der Waals surface area contributed by atoms with Crippen LogP contribution < -0.4 is 0 Å². The number of carbonyl (C=O) groups excluding carboxylic acids is 2. The number of hydrogen-bond acceptors (Lipinski definition) is 6. The molecule has 3 atom stereocenters. The molecule has 0 aliphatic carbocycles. The maximum Gasteiger partial charge on any atom is 0.306 e. The van der Waals surface area contributed by atoms with Gasteiger partial charge in [-0.2, -0.15) is 0 Å². The Balaban J connectivity index is 1.87. The van der Waals surface area contributed by atoms with Crippen LogP contribution in [0.3, 0.4) is 0 Å². The van der Waals surface area contributed by atoms with Gasteiger partial charge in [-0.1, -0.05) is 165 Å². The van der Waals surface area contributed by atoms with E-state index < -0.39 is 6.10 Å². The van der Waals surface area contributed by atoms with Gasteiger partial charge in [-0.3, -0.25) is 9.59 Å². The molecule has 1 heterocycles. The molecule has 50 heavy (non-hydrogen) atoms. The van der Waals surface area contributed by atoms with E-state index in [2.05, 4.69) is 69.4 Å². The second kappa shape index (κ2) is 33.7. The predicted molar refractivity (Wildman–Crippen MR) is 209 cm³/mol. The normalized spacial score (nSPS) is 17.0. The number of epoxide rings is 1. The summed E-state index contributed by atoms with van der Waals surface area (Å²) in [5.41, 5.74) is 0. The topological polar surface area (TPSA) is 85.4 Å². The van der Waals surface area contributed by atoms with Crippen molar-refractivity contribution in [2.24, 2.45) is 5.92 Å². The molecule has 0 saturated carbocycles. The quantitative estimate of drug-likeness (QED) is 0.0312. The summed E-state index contributed by atoms with van der Waals surface area (Å²) >= 11 is 0. The van der Waals surface area contributed by atoms with Crippen LogP contribution in [0, 0.1) is 5.92 Å². The molecule has 1 rings (SSSR count). The Kier molecular flexibility index (Phi) is 30.7. The number of allylic oxidation sites excluding steroid dienone is 8. The van der Waals surface area contributed by atoms with Crippen molar-refractivity contribution in [2.45, 2.75) is 187 Å². The highest BCUT2D eigenvalue weighted by atomic mass is 16.6. The van der Waals surface area contributed by atoms with Crippen LogP contribution >= 0.6 is 0 Å². The lowest BCUT2D eigenvalue weighted by molar-refractivity contribution is -0.152. The average molecular weight is 699 g/mol. The predicted octanol–water partition coefficient (Wildman–Crippen LogP) is 11.6. The number of aliphatic hydroxyl groups is 1. The zero-order valence-electron chi connectivity index (χ0n) is 32.2. The van der Waals surface area contributed by atoms with Gasteiger partial charge in [0.15, 0.2) is 0 Å². The van der Waals surface area contributed by atoms with Gasteiger partial charge in [-0.05, 0) is 57.3 Å². The lowest BCUT2D eigenvalue weighted by Gasteiger charge is -2.12. The third-order valence-corrected chi connectivity index (χ3v) is 8.86. The average Bonchev–Trinajstić information content (AvgIpc) is 3.85. The largest absolute Gasteiger partial charge is 0.463 e. The standard InChI is InChI=1S/C44H74O6/c1-4-5-27-33-41-42(50-41)34-29-24-20-16-12-9-10-14-18-22-26-31-36-44(47)49-38-40(45)37-48-43(46)35-30-25-21-17-13-8-6-7-11-15-19-23-28-32-39(2)3/h5,10,12,14,16,22,24,26-27,29,39-42,45H,4,6-9,11,13,15,17-21,23,25,28,30-38H2,1-3H3/b14-10-,16-12-,26-22-,27-5-,29-24-/t40-,41?,42?/m1/s1. The summed E-state index contributed by atoms with van der Waals surface area (Å²) in [6.45, 7) is 6.46. The van der Waals surface area contributed by atoms with Crippen molar-refractivity contribution in [3.8, 4) is 0 Å². The molecule has 1 saturated heterocycles. The second-order valence-electron chi connectivity index (χ2n) is 14.2. The number of esters is 2. The molecule has 6 heteroatoms. The maximum atomic E-state index is 12.0. The van der Waals surface area contributed by atoms with E-state index in [0.29, 0.717) is 25.0 Å². The highest BCUT2D eigenvalue weighted by Crippen LogP contribution is 2.29. The Morgan fingerprint density at radius 1 is 0.580 bits per heavy atom. The first kappa shape index (κ1) is 45.6. The summed E-state index contributed by atoms with van der Waals surface area (Å²) in [6, 6.07) is 0. The van der Waals surface area contributed by atoms with Crippen molar-refractivity contribution in [1.82, 2.24) is 0 Å². The maximum absolute atomic E-state index is 12.0. The Labute approximate surface area is 306 Å². The molecule has 0 aromatic rings. The van der Waals surface area contributed by atoms with Gasteiger partial charge in [0.2, 0.25) is 0 Å². The van der Waals surface area contributed by atoms with Crippen molar-refractivity contribution < 1.29 is 28.9 Å². The SMILES string of the molecule is CC/C=C\CC1OC1C/C=C\C/C=C\C/C=C\C/C=C\CCC(=O)OC[C@H](O)COC(=O)CCCCCCCCCCCCCCCC(C)C. The third-order valence-electron chi connectivity index (χ3n) is 8.86. The fraction of sp³-hybridized carbons (Fsp3) is 0.727. The van der Waals surface area contributed by atoms with E-state index in [1.807, 2.05) is 12.2 Å². The van der Waals surface area contributed by atoms with Crippen molar-refractivity contribution in [2.75, 3.05) is 13.2 Å². The van der Waals surface area contributed by atoms with Gasteiger partial charge in [0, 0.05) is 12.8 Å². The van der Waals surface area contributed by atoms with Crippen LogP contribution in [-0.2, 0) is 23.8 Å². The third kappa shape index (κ3) is 31.5. The highest BCUT2D eigenvalue weighted by Gasteiger charge is 2.35. The molecule has 0 spiro atoms. The van der Waals surface area contributed by atoms with Crippen molar-refractivity contribution in [1.29, 1.82) is 0 Å². The Bertz CT molecular complexity index is 962. The minimum atomic E-state index is -0.999. The van der Waals surface area contributed by atoms with Crippen LogP contribution in [0.25, 0.3) is 0 Å². The first-order chi connectivity index (χ1) is 24.4. The first-order valence-electron chi connectivity index (χ1n) is 20.3. The minimum Gasteiger partial charge on any atom is -0.463 e. The van der Waals surface area contributed by atoms with Gasteiger partial charge in [0.1, 0.15) is 19.3 Å². The van der Waals surface area contributed by atoms with E-state index in [0.717, 1.165) is 63.7 Å².